The van der Waals surface area contributed by atoms with E-state index in [0.717, 1.165) is 5.69 Å². The van der Waals surface area contributed by atoms with E-state index in [4.69, 9.17) is 0 Å². The summed E-state index contributed by atoms with van der Waals surface area (Å²) in [6.45, 7) is 6.26. The highest BCUT2D eigenvalue weighted by atomic mass is 14.9. The highest BCUT2D eigenvalue weighted by Crippen LogP contribution is 2.13. The highest BCUT2D eigenvalue weighted by molar-refractivity contribution is 5.43. The molecule has 0 saturated carbocycles. The molecule has 1 heteroatoms. The van der Waals surface area contributed by atoms with Crippen LogP contribution in [0.25, 0.3) is 0 Å². The van der Waals surface area contributed by atoms with Crippen molar-refractivity contribution in [2.45, 2.75) is 26.8 Å². The first-order valence-corrected chi connectivity index (χ1v) is 3.96. The molecular weight excluding hydrogens is 134 g/mol. The molecule has 0 bridgehead atoms. The van der Waals surface area contributed by atoms with E-state index in [1.165, 1.54) is 5.56 Å². The molecule has 1 aromatic rings. The van der Waals surface area contributed by atoms with Gasteiger partial charge in [0.05, 0.1) is 5.69 Å². The number of nitrogens with zero attached hydrogens (tertiary/aromatic N) is 1. The Morgan fingerprint density at radius 2 is 1.82 bits per heavy atom. The van der Waals surface area contributed by atoms with Crippen molar-refractivity contribution in [3.05, 3.63) is 29.8 Å². The third-order valence-electron chi connectivity index (χ3n) is 1.51. The molecule has 11 heavy (non-hydrogen) atoms. The third kappa shape index (κ3) is 2.26. The lowest BCUT2D eigenvalue weighted by atomic mass is 10.2. The Kier molecular flexibility index (Phi) is 2.53. The predicted octanol–water partition coefficient (Wildman–Crippen LogP) is 2.64. The predicted molar refractivity (Wildman–Crippen MR) is 48.1 cm³/mol. The van der Waals surface area contributed by atoms with Crippen LogP contribution in [0.4, 0.5) is 5.69 Å². The molecule has 0 aliphatic rings. The van der Waals surface area contributed by atoms with Crippen molar-refractivity contribution in [3.8, 4) is 0 Å². The largest absolute Gasteiger partial charge is 0.282 e. The minimum atomic E-state index is 0.385. The summed E-state index contributed by atoms with van der Waals surface area (Å²) in [6, 6.07) is 8.58. The first kappa shape index (κ1) is 8.12. The van der Waals surface area contributed by atoms with Gasteiger partial charge in [0.25, 0.3) is 0 Å². The van der Waals surface area contributed by atoms with Crippen molar-refractivity contribution in [2.75, 3.05) is 0 Å². The second-order valence-corrected chi connectivity index (χ2v) is 3.01. The first-order valence-electron chi connectivity index (χ1n) is 3.96. The fourth-order valence-corrected chi connectivity index (χ4v) is 0.986. The summed E-state index contributed by atoms with van der Waals surface area (Å²) in [7, 11) is 0. The van der Waals surface area contributed by atoms with Crippen LogP contribution in [0.15, 0.2) is 24.3 Å². The number of benzene rings is 1. The summed E-state index contributed by atoms with van der Waals surface area (Å²) < 4.78 is 0. The van der Waals surface area contributed by atoms with Gasteiger partial charge in [0.1, 0.15) is 0 Å². The molecule has 0 heterocycles. The minimum Gasteiger partial charge on any atom is -0.282 e. The second-order valence-electron chi connectivity index (χ2n) is 3.01. The van der Waals surface area contributed by atoms with Gasteiger partial charge in [-0.05, 0) is 32.4 Å². The van der Waals surface area contributed by atoms with E-state index >= 15 is 0 Å². The smallest absolute Gasteiger partial charge is 0.0606 e. The van der Waals surface area contributed by atoms with Gasteiger partial charge < -0.3 is 0 Å². The maximum atomic E-state index is 4.46. The van der Waals surface area contributed by atoms with Crippen LogP contribution >= 0.6 is 0 Å². The Morgan fingerprint density at radius 3 is 2.36 bits per heavy atom. The summed E-state index contributed by atoms with van der Waals surface area (Å²) in [5.74, 6) is 0. The number of para-hydroxylation sites is 1. The zero-order valence-corrected chi connectivity index (χ0v) is 7.33. The lowest BCUT2D eigenvalue weighted by molar-refractivity contribution is 0.696. The van der Waals surface area contributed by atoms with Crippen LogP contribution in [0, 0.1) is 6.92 Å². The molecule has 0 N–H and O–H groups in total. The SMILES string of the molecule is Cc1ccccc1[N]C(C)C. The van der Waals surface area contributed by atoms with Crippen molar-refractivity contribution in [3.63, 3.8) is 0 Å². The fraction of sp³-hybridized carbons (Fsp3) is 0.400. The Morgan fingerprint density at radius 1 is 1.18 bits per heavy atom. The van der Waals surface area contributed by atoms with E-state index in [9.17, 15) is 0 Å². The van der Waals surface area contributed by atoms with Crippen LogP contribution < -0.4 is 5.32 Å². The van der Waals surface area contributed by atoms with E-state index in [2.05, 4.69) is 38.2 Å². The minimum absolute atomic E-state index is 0.385. The Labute approximate surface area is 68.4 Å². The molecule has 0 amide bonds. The molecule has 0 fully saturated rings. The molecule has 0 aliphatic heterocycles. The van der Waals surface area contributed by atoms with Gasteiger partial charge in [-0.2, -0.15) is 0 Å². The standard InChI is InChI=1S/C10H14N/c1-8(2)11-10-7-5-4-6-9(10)3/h4-8H,1-3H3. The molecule has 0 unspecified atom stereocenters. The van der Waals surface area contributed by atoms with Crippen molar-refractivity contribution in [1.82, 2.24) is 5.32 Å². The van der Waals surface area contributed by atoms with Crippen molar-refractivity contribution < 1.29 is 0 Å². The van der Waals surface area contributed by atoms with Gasteiger partial charge in [-0.25, -0.2) is 0 Å². The quantitative estimate of drug-likeness (QED) is 0.612. The molecular formula is C10H14N. The van der Waals surface area contributed by atoms with Gasteiger partial charge in [-0.1, -0.05) is 18.2 Å². The zero-order valence-electron chi connectivity index (χ0n) is 7.33. The summed E-state index contributed by atoms with van der Waals surface area (Å²) in [5, 5.41) is 4.46. The zero-order chi connectivity index (χ0) is 8.27. The summed E-state index contributed by atoms with van der Waals surface area (Å²) in [5.41, 5.74) is 2.36. The van der Waals surface area contributed by atoms with Gasteiger partial charge in [-0.15, -0.1) is 0 Å². The van der Waals surface area contributed by atoms with E-state index in [0.29, 0.717) is 6.04 Å². The molecule has 1 nitrogen and oxygen atoms in total. The number of hydrogen-bond acceptors (Lipinski definition) is 0. The number of rotatable bonds is 2. The van der Waals surface area contributed by atoms with Gasteiger partial charge in [0.2, 0.25) is 0 Å². The van der Waals surface area contributed by atoms with Crippen LogP contribution in [-0.4, -0.2) is 6.04 Å². The summed E-state index contributed by atoms with van der Waals surface area (Å²) in [6.07, 6.45) is 0. The summed E-state index contributed by atoms with van der Waals surface area (Å²) >= 11 is 0. The Balaban J connectivity index is 2.78. The molecule has 0 spiro atoms. The van der Waals surface area contributed by atoms with E-state index in [1.807, 2.05) is 12.1 Å². The lowest BCUT2D eigenvalue weighted by Crippen LogP contribution is -2.09. The Hall–Kier alpha value is -0.980. The normalized spacial score (nSPS) is 10.2. The highest BCUT2D eigenvalue weighted by Gasteiger charge is 1.98. The monoisotopic (exact) mass is 148 g/mol. The van der Waals surface area contributed by atoms with Crippen molar-refractivity contribution >= 4 is 5.69 Å². The average molecular weight is 148 g/mol. The number of hydrogen-bond donors (Lipinski definition) is 0. The molecule has 1 rings (SSSR count). The molecule has 1 aromatic carbocycles. The first-order chi connectivity index (χ1) is 5.20. The van der Waals surface area contributed by atoms with E-state index in [1.54, 1.807) is 0 Å². The lowest BCUT2D eigenvalue weighted by Gasteiger charge is -2.08. The van der Waals surface area contributed by atoms with E-state index < -0.39 is 0 Å². The van der Waals surface area contributed by atoms with Crippen LogP contribution in [0.5, 0.6) is 0 Å². The van der Waals surface area contributed by atoms with Crippen molar-refractivity contribution in [2.24, 2.45) is 0 Å². The number of aryl methyl sites for hydroxylation is 1. The van der Waals surface area contributed by atoms with E-state index in [-0.39, 0.29) is 0 Å². The van der Waals surface area contributed by atoms with Crippen LogP contribution in [0.1, 0.15) is 19.4 Å². The maximum Gasteiger partial charge on any atom is 0.0606 e. The third-order valence-corrected chi connectivity index (χ3v) is 1.51. The molecule has 59 valence electrons. The van der Waals surface area contributed by atoms with Crippen molar-refractivity contribution in [1.29, 1.82) is 0 Å². The van der Waals surface area contributed by atoms with Gasteiger partial charge >= 0.3 is 0 Å². The molecule has 0 aromatic heterocycles. The van der Waals surface area contributed by atoms with Crippen LogP contribution in [0.2, 0.25) is 0 Å². The molecule has 0 saturated heterocycles. The van der Waals surface area contributed by atoms with Gasteiger partial charge in [0, 0.05) is 6.04 Å². The second kappa shape index (κ2) is 3.42. The molecule has 0 aliphatic carbocycles. The summed E-state index contributed by atoms with van der Waals surface area (Å²) in [4.78, 5) is 0. The van der Waals surface area contributed by atoms with Gasteiger partial charge in [-0.3, -0.25) is 5.32 Å². The topological polar surface area (TPSA) is 14.1 Å². The van der Waals surface area contributed by atoms with Gasteiger partial charge in [0.15, 0.2) is 0 Å². The van der Waals surface area contributed by atoms with Crippen LogP contribution in [0.3, 0.4) is 0 Å². The molecule has 0 atom stereocenters. The van der Waals surface area contributed by atoms with Crippen LogP contribution in [-0.2, 0) is 0 Å². The Bertz CT molecular complexity index is 228. The fourth-order valence-electron chi connectivity index (χ4n) is 0.986. The average Bonchev–Trinajstić information content (AvgIpc) is 1.93. The maximum absolute atomic E-state index is 4.46. The molecule has 1 radical (unpaired) electrons.